The molecule has 0 atom stereocenters. The van der Waals surface area contributed by atoms with Gasteiger partial charge in [0, 0.05) is 12.6 Å². The molecule has 1 aliphatic carbocycles. The topological polar surface area (TPSA) is 29.1 Å². The number of likely N-dealkylation sites (N-methyl/N-ethyl adjacent to an activating group) is 1. The van der Waals surface area contributed by atoms with Crippen molar-refractivity contribution in [3.8, 4) is 0 Å². The minimum atomic E-state index is 0.0243. The molecule has 0 aromatic rings. The van der Waals surface area contributed by atoms with Crippen molar-refractivity contribution in [2.45, 2.75) is 12.8 Å². The smallest absolute Gasteiger partial charge is 0.247 e. The Labute approximate surface area is 48.6 Å². The first-order chi connectivity index (χ1) is 3.84. The molecule has 0 bridgehead atoms. The standard InChI is InChI=1S/C6H8NO/c1-7-6(8)5-3-2-4-5/h2-3H2,1H3,(H,7,8). The molecule has 2 nitrogen and oxygen atoms in total. The maximum absolute atomic E-state index is 10.6. The van der Waals surface area contributed by atoms with Gasteiger partial charge >= 0.3 is 0 Å². The molecule has 0 aliphatic heterocycles. The van der Waals surface area contributed by atoms with Crippen LogP contribution < -0.4 is 5.32 Å². The fourth-order valence-electron chi connectivity index (χ4n) is 0.595. The first kappa shape index (κ1) is 5.35. The average molecular weight is 110 g/mol. The van der Waals surface area contributed by atoms with Gasteiger partial charge in [0.05, 0.1) is 0 Å². The largest absolute Gasteiger partial charge is 0.355 e. The maximum Gasteiger partial charge on any atom is 0.247 e. The van der Waals surface area contributed by atoms with Crippen molar-refractivity contribution in [3.05, 3.63) is 11.6 Å². The number of hydrogen-bond acceptors (Lipinski definition) is 1. The van der Waals surface area contributed by atoms with E-state index >= 15 is 0 Å². The molecule has 0 unspecified atom stereocenters. The van der Waals surface area contributed by atoms with E-state index < -0.39 is 0 Å². The van der Waals surface area contributed by atoms with Crippen molar-refractivity contribution in [1.82, 2.24) is 5.32 Å². The third-order valence-electron chi connectivity index (χ3n) is 1.21. The zero-order chi connectivity index (χ0) is 5.98. The highest BCUT2D eigenvalue weighted by Crippen LogP contribution is 2.15. The summed E-state index contributed by atoms with van der Waals surface area (Å²) in [6, 6.07) is 0. The third kappa shape index (κ3) is 0.735. The molecule has 1 N–H and O–H groups in total. The minimum absolute atomic E-state index is 0.0243. The molecule has 0 spiro atoms. The van der Waals surface area contributed by atoms with Gasteiger partial charge < -0.3 is 5.32 Å². The van der Waals surface area contributed by atoms with Crippen LogP contribution in [0, 0.1) is 6.08 Å². The highest BCUT2D eigenvalue weighted by Gasteiger charge is 2.12. The normalized spacial score (nSPS) is 16.4. The van der Waals surface area contributed by atoms with Crippen LogP contribution in [-0.2, 0) is 4.79 Å². The molecule has 1 rings (SSSR count). The van der Waals surface area contributed by atoms with Gasteiger partial charge in [-0.05, 0) is 18.9 Å². The molecule has 0 fully saturated rings. The quantitative estimate of drug-likeness (QED) is 0.515. The molecule has 0 aromatic heterocycles. The molecule has 43 valence electrons. The second-order valence-corrected chi connectivity index (χ2v) is 1.73. The van der Waals surface area contributed by atoms with E-state index in [-0.39, 0.29) is 5.91 Å². The van der Waals surface area contributed by atoms with Crippen LogP contribution in [0.4, 0.5) is 0 Å². The summed E-state index contributed by atoms with van der Waals surface area (Å²) in [6.07, 6.45) is 4.75. The van der Waals surface area contributed by atoms with Gasteiger partial charge in [-0.15, -0.1) is 0 Å². The first-order valence-corrected chi connectivity index (χ1v) is 2.66. The van der Waals surface area contributed by atoms with Crippen molar-refractivity contribution in [3.63, 3.8) is 0 Å². The van der Waals surface area contributed by atoms with Crippen LogP contribution in [-0.4, -0.2) is 13.0 Å². The lowest BCUT2D eigenvalue weighted by atomic mass is 9.99. The Kier molecular flexibility index (Phi) is 1.33. The maximum atomic E-state index is 10.6. The predicted octanol–water partition coefficient (Wildman–Crippen LogP) is 0.256. The first-order valence-electron chi connectivity index (χ1n) is 2.66. The molecular weight excluding hydrogens is 102 g/mol. The van der Waals surface area contributed by atoms with E-state index in [1.807, 2.05) is 0 Å². The molecule has 0 aromatic carbocycles. The number of rotatable bonds is 1. The minimum Gasteiger partial charge on any atom is -0.355 e. The van der Waals surface area contributed by atoms with Crippen LogP contribution in [0.25, 0.3) is 0 Å². The Morgan fingerprint density at radius 2 is 2.50 bits per heavy atom. The summed E-state index contributed by atoms with van der Waals surface area (Å²) < 4.78 is 0. The summed E-state index contributed by atoms with van der Waals surface area (Å²) in [5, 5.41) is 2.53. The van der Waals surface area contributed by atoms with Crippen molar-refractivity contribution < 1.29 is 4.79 Å². The van der Waals surface area contributed by atoms with E-state index in [4.69, 9.17) is 0 Å². The predicted molar refractivity (Wildman–Crippen MR) is 30.1 cm³/mol. The fraction of sp³-hybridized carbons (Fsp3) is 0.500. The molecule has 8 heavy (non-hydrogen) atoms. The van der Waals surface area contributed by atoms with E-state index in [9.17, 15) is 4.79 Å². The van der Waals surface area contributed by atoms with Crippen LogP contribution in [0.15, 0.2) is 5.57 Å². The number of carbonyl (C=O) groups excluding carboxylic acids is 1. The van der Waals surface area contributed by atoms with Gasteiger partial charge in [0.15, 0.2) is 0 Å². The summed E-state index contributed by atoms with van der Waals surface area (Å²) in [4.78, 5) is 10.6. The lowest BCUT2D eigenvalue weighted by Gasteiger charge is -2.10. The highest BCUT2D eigenvalue weighted by molar-refractivity contribution is 5.93. The van der Waals surface area contributed by atoms with Gasteiger partial charge in [0.1, 0.15) is 0 Å². The molecule has 2 heteroatoms. The van der Waals surface area contributed by atoms with Crippen molar-refractivity contribution in [1.29, 1.82) is 0 Å². The van der Waals surface area contributed by atoms with Crippen LogP contribution in [0.3, 0.4) is 0 Å². The zero-order valence-corrected chi connectivity index (χ0v) is 4.82. The zero-order valence-electron chi connectivity index (χ0n) is 4.82. The van der Waals surface area contributed by atoms with Gasteiger partial charge in [-0.3, -0.25) is 4.79 Å². The second kappa shape index (κ2) is 1.99. The van der Waals surface area contributed by atoms with Gasteiger partial charge in [0.25, 0.3) is 0 Å². The second-order valence-electron chi connectivity index (χ2n) is 1.73. The summed E-state index contributed by atoms with van der Waals surface area (Å²) in [6.45, 7) is 0. The van der Waals surface area contributed by atoms with Crippen molar-refractivity contribution >= 4 is 5.91 Å². The van der Waals surface area contributed by atoms with Crippen LogP contribution >= 0.6 is 0 Å². The van der Waals surface area contributed by atoms with Crippen LogP contribution in [0.1, 0.15) is 12.8 Å². The van der Waals surface area contributed by atoms with Crippen molar-refractivity contribution in [2.24, 2.45) is 0 Å². The molecule has 0 saturated heterocycles. The van der Waals surface area contributed by atoms with E-state index in [0.717, 1.165) is 18.4 Å². The Balaban J connectivity index is 2.47. The highest BCUT2D eigenvalue weighted by atomic mass is 16.1. The molecule has 1 aliphatic rings. The average Bonchev–Trinajstić information content (AvgIpc) is 1.62. The summed E-state index contributed by atoms with van der Waals surface area (Å²) >= 11 is 0. The Hall–Kier alpha value is -0.790. The van der Waals surface area contributed by atoms with Gasteiger partial charge in [-0.25, -0.2) is 0 Å². The summed E-state index contributed by atoms with van der Waals surface area (Å²) in [7, 11) is 1.63. The summed E-state index contributed by atoms with van der Waals surface area (Å²) in [5.41, 5.74) is 0.812. The lowest BCUT2D eigenvalue weighted by molar-refractivity contribution is -0.117. The molecule has 0 saturated carbocycles. The van der Waals surface area contributed by atoms with E-state index in [1.165, 1.54) is 0 Å². The fourth-order valence-corrected chi connectivity index (χ4v) is 0.595. The molecule has 1 amide bonds. The Morgan fingerprint density at radius 1 is 1.88 bits per heavy atom. The van der Waals surface area contributed by atoms with Crippen molar-refractivity contribution in [2.75, 3.05) is 7.05 Å². The van der Waals surface area contributed by atoms with Gasteiger partial charge in [-0.2, -0.15) is 0 Å². The number of amides is 1. The monoisotopic (exact) mass is 110 g/mol. The number of nitrogens with one attached hydrogen (secondary N) is 1. The Bertz CT molecular complexity index is 137. The van der Waals surface area contributed by atoms with Gasteiger partial charge in [-0.1, -0.05) is 0 Å². The summed E-state index contributed by atoms with van der Waals surface area (Å²) in [5.74, 6) is 0.0243. The van der Waals surface area contributed by atoms with Gasteiger partial charge in [0.2, 0.25) is 5.91 Å². The molecule has 1 radical (unpaired) electrons. The number of carbonyl (C=O) groups is 1. The Morgan fingerprint density at radius 3 is 2.62 bits per heavy atom. The lowest BCUT2D eigenvalue weighted by Crippen LogP contribution is -2.22. The van der Waals surface area contributed by atoms with Crippen LogP contribution in [0.5, 0.6) is 0 Å². The van der Waals surface area contributed by atoms with E-state index in [2.05, 4.69) is 11.4 Å². The third-order valence-corrected chi connectivity index (χ3v) is 1.21. The van der Waals surface area contributed by atoms with E-state index in [1.54, 1.807) is 7.05 Å². The number of hydrogen-bond donors (Lipinski definition) is 1. The number of allylic oxidation sites excluding steroid dienone is 1. The molecule has 0 heterocycles. The SMILES string of the molecule is CNC(=O)C1=[C]CC1. The van der Waals surface area contributed by atoms with E-state index in [0.29, 0.717) is 0 Å². The molecular formula is C6H8NO. The van der Waals surface area contributed by atoms with Crippen LogP contribution in [0.2, 0.25) is 0 Å².